The maximum absolute atomic E-state index is 13.3. The lowest BCUT2D eigenvalue weighted by molar-refractivity contribution is -0.116. The van der Waals surface area contributed by atoms with Crippen LogP contribution in [0.5, 0.6) is 11.5 Å². The number of nitrogens with one attached hydrogen (secondary N) is 1. The normalized spacial score (nSPS) is 15.6. The van der Waals surface area contributed by atoms with E-state index < -0.39 is 9.84 Å². The highest BCUT2D eigenvalue weighted by Gasteiger charge is 2.34. The van der Waals surface area contributed by atoms with Gasteiger partial charge in [0.1, 0.15) is 4.90 Å². The van der Waals surface area contributed by atoms with E-state index in [1.807, 2.05) is 25.1 Å². The van der Waals surface area contributed by atoms with E-state index in [1.165, 1.54) is 11.3 Å². The van der Waals surface area contributed by atoms with Crippen molar-refractivity contribution in [2.24, 2.45) is 0 Å². The van der Waals surface area contributed by atoms with Crippen molar-refractivity contribution in [3.05, 3.63) is 63.8 Å². The number of unbranched alkanes of at least 4 members (excludes halogenated alkanes) is 1. The summed E-state index contributed by atoms with van der Waals surface area (Å²) < 4.78 is 38.0. The highest BCUT2D eigenvalue weighted by atomic mass is 32.2. The number of aryl methyl sites for hydroxylation is 1. The molecule has 1 N–H and O–H groups in total. The maximum Gasteiger partial charge on any atom is 0.225 e. The van der Waals surface area contributed by atoms with Crippen LogP contribution in [0.1, 0.15) is 48.1 Å². The van der Waals surface area contributed by atoms with Crippen molar-refractivity contribution >= 4 is 32.8 Å². The fourth-order valence-electron chi connectivity index (χ4n) is 3.86. The molecule has 0 aliphatic carbocycles. The summed E-state index contributed by atoms with van der Waals surface area (Å²) in [5.41, 5.74) is 2.24. The SMILES string of the molecule is CCCCOc1ccc([C@H]2CC(=O)Nc3c(S(=O)(=O)c4ccc(C)cc4)csc32)cc1OC. The zero-order valence-electron chi connectivity index (χ0n) is 18.9. The molecule has 0 bridgehead atoms. The minimum atomic E-state index is -3.76. The lowest BCUT2D eigenvalue weighted by Gasteiger charge is -2.24. The summed E-state index contributed by atoms with van der Waals surface area (Å²) in [4.78, 5) is 13.8. The van der Waals surface area contributed by atoms with Crippen LogP contribution in [0.4, 0.5) is 5.69 Å². The Kier molecular flexibility index (Phi) is 6.76. The molecule has 1 amide bonds. The van der Waals surface area contributed by atoms with Gasteiger partial charge in [0.25, 0.3) is 0 Å². The molecule has 0 spiro atoms. The number of sulfone groups is 1. The van der Waals surface area contributed by atoms with Gasteiger partial charge in [0.05, 0.1) is 24.3 Å². The van der Waals surface area contributed by atoms with Crippen LogP contribution < -0.4 is 14.8 Å². The van der Waals surface area contributed by atoms with Gasteiger partial charge in [-0.3, -0.25) is 4.79 Å². The average Bonchev–Trinajstić information content (AvgIpc) is 3.23. The Hall–Kier alpha value is -2.84. The predicted molar refractivity (Wildman–Crippen MR) is 129 cm³/mol. The van der Waals surface area contributed by atoms with Gasteiger partial charge in [0.15, 0.2) is 11.5 Å². The summed E-state index contributed by atoms with van der Waals surface area (Å²) in [6, 6.07) is 12.4. The van der Waals surface area contributed by atoms with Crippen LogP contribution in [-0.4, -0.2) is 28.0 Å². The number of fused-ring (bicyclic) bond motifs is 1. The van der Waals surface area contributed by atoms with Crippen LogP contribution in [0.15, 0.2) is 57.6 Å². The molecule has 2 heterocycles. The first-order valence-corrected chi connectivity index (χ1v) is 13.2. The Balaban J connectivity index is 1.71. The van der Waals surface area contributed by atoms with Gasteiger partial charge in [-0.25, -0.2) is 8.42 Å². The molecule has 1 aromatic heterocycles. The second-order valence-electron chi connectivity index (χ2n) is 8.07. The van der Waals surface area contributed by atoms with Crippen LogP contribution in [0.3, 0.4) is 0 Å². The van der Waals surface area contributed by atoms with Gasteiger partial charge in [-0.05, 0) is 43.2 Å². The highest BCUT2D eigenvalue weighted by molar-refractivity contribution is 7.91. The zero-order chi connectivity index (χ0) is 23.6. The number of hydrogen-bond acceptors (Lipinski definition) is 6. The molecule has 0 fully saturated rings. The van der Waals surface area contributed by atoms with Crippen molar-refractivity contribution in [3.63, 3.8) is 0 Å². The van der Waals surface area contributed by atoms with Crippen molar-refractivity contribution < 1.29 is 22.7 Å². The number of anilines is 1. The van der Waals surface area contributed by atoms with Gasteiger partial charge >= 0.3 is 0 Å². The number of rotatable bonds is 8. The predicted octanol–water partition coefficient (Wildman–Crippen LogP) is 5.55. The molecule has 1 aliphatic heterocycles. The summed E-state index contributed by atoms with van der Waals surface area (Å²) in [5.74, 6) is 0.775. The lowest BCUT2D eigenvalue weighted by atomic mass is 9.90. The quantitative estimate of drug-likeness (QED) is 0.423. The first kappa shape index (κ1) is 23.3. The summed E-state index contributed by atoms with van der Waals surface area (Å²) in [6.45, 7) is 4.61. The first-order chi connectivity index (χ1) is 15.8. The number of amides is 1. The fraction of sp³-hybridized carbons (Fsp3) is 0.320. The van der Waals surface area contributed by atoms with E-state index in [-0.39, 0.29) is 28.0 Å². The third kappa shape index (κ3) is 4.63. The van der Waals surface area contributed by atoms with Gasteiger partial charge < -0.3 is 14.8 Å². The molecule has 0 saturated carbocycles. The van der Waals surface area contributed by atoms with Gasteiger partial charge in [0, 0.05) is 22.6 Å². The van der Waals surface area contributed by atoms with E-state index in [0.29, 0.717) is 23.8 Å². The van der Waals surface area contributed by atoms with Crippen LogP contribution >= 0.6 is 11.3 Å². The third-order valence-electron chi connectivity index (χ3n) is 5.72. The van der Waals surface area contributed by atoms with Crippen LogP contribution in [-0.2, 0) is 14.6 Å². The average molecular weight is 486 g/mol. The molecule has 2 aromatic carbocycles. The Morgan fingerprint density at radius 3 is 2.58 bits per heavy atom. The van der Waals surface area contributed by atoms with Gasteiger partial charge in [0.2, 0.25) is 15.7 Å². The van der Waals surface area contributed by atoms with E-state index in [0.717, 1.165) is 28.8 Å². The van der Waals surface area contributed by atoms with Crippen molar-refractivity contribution in [1.82, 2.24) is 0 Å². The van der Waals surface area contributed by atoms with Gasteiger partial charge in [-0.15, -0.1) is 11.3 Å². The molecular weight excluding hydrogens is 458 g/mol. The minimum Gasteiger partial charge on any atom is -0.493 e. The Labute approximate surface area is 198 Å². The Morgan fingerprint density at radius 2 is 1.88 bits per heavy atom. The topological polar surface area (TPSA) is 81.7 Å². The van der Waals surface area contributed by atoms with E-state index in [4.69, 9.17) is 9.47 Å². The molecule has 3 aromatic rings. The molecular formula is C25H27NO5S2. The summed E-state index contributed by atoms with van der Waals surface area (Å²) in [5, 5.41) is 4.43. The second kappa shape index (κ2) is 9.57. The molecule has 33 heavy (non-hydrogen) atoms. The molecule has 1 aliphatic rings. The third-order valence-corrected chi connectivity index (χ3v) is 8.76. The number of thiophene rings is 1. The first-order valence-electron chi connectivity index (χ1n) is 10.9. The Morgan fingerprint density at radius 1 is 1.12 bits per heavy atom. The van der Waals surface area contributed by atoms with Crippen molar-refractivity contribution in [2.45, 2.75) is 48.8 Å². The molecule has 8 heteroatoms. The number of methoxy groups -OCH3 is 1. The maximum atomic E-state index is 13.3. The van der Waals surface area contributed by atoms with Crippen LogP contribution in [0.2, 0.25) is 0 Å². The number of carbonyl (C=O) groups excluding carboxylic acids is 1. The van der Waals surface area contributed by atoms with Crippen molar-refractivity contribution in [2.75, 3.05) is 19.0 Å². The van der Waals surface area contributed by atoms with E-state index in [9.17, 15) is 13.2 Å². The van der Waals surface area contributed by atoms with E-state index in [2.05, 4.69) is 12.2 Å². The molecule has 0 saturated heterocycles. The summed E-state index contributed by atoms with van der Waals surface area (Å²) in [7, 11) is -2.18. The van der Waals surface area contributed by atoms with Gasteiger partial charge in [-0.1, -0.05) is 37.1 Å². The molecule has 6 nitrogen and oxygen atoms in total. The monoisotopic (exact) mass is 485 g/mol. The molecule has 4 rings (SSSR count). The number of ether oxygens (including phenoxy) is 2. The standard InChI is InChI=1S/C25H27NO5S2/c1-4-5-12-31-20-11-8-17(13-21(20)30-3)19-14-23(27)26-24-22(15-32-25(19)24)33(28,29)18-9-6-16(2)7-10-18/h6-11,13,15,19H,4-5,12,14H2,1-3H3,(H,26,27)/t19-/m1/s1. The Bertz CT molecular complexity index is 1260. The summed E-state index contributed by atoms with van der Waals surface area (Å²) >= 11 is 1.35. The lowest BCUT2D eigenvalue weighted by Crippen LogP contribution is -2.23. The number of hydrogen-bond donors (Lipinski definition) is 1. The van der Waals surface area contributed by atoms with Gasteiger partial charge in [-0.2, -0.15) is 0 Å². The van der Waals surface area contributed by atoms with E-state index in [1.54, 1.807) is 36.8 Å². The smallest absolute Gasteiger partial charge is 0.225 e. The van der Waals surface area contributed by atoms with Crippen molar-refractivity contribution in [1.29, 1.82) is 0 Å². The van der Waals surface area contributed by atoms with Crippen molar-refractivity contribution in [3.8, 4) is 11.5 Å². The zero-order valence-corrected chi connectivity index (χ0v) is 20.5. The molecule has 0 radical (unpaired) electrons. The molecule has 174 valence electrons. The largest absolute Gasteiger partial charge is 0.493 e. The summed E-state index contributed by atoms with van der Waals surface area (Å²) in [6.07, 6.45) is 2.22. The van der Waals surface area contributed by atoms with Crippen LogP contribution in [0.25, 0.3) is 0 Å². The van der Waals surface area contributed by atoms with Crippen LogP contribution in [0, 0.1) is 6.92 Å². The molecule has 0 unspecified atom stereocenters. The minimum absolute atomic E-state index is 0.135. The highest BCUT2D eigenvalue weighted by Crippen LogP contribution is 2.47. The van der Waals surface area contributed by atoms with E-state index >= 15 is 0 Å². The fourth-order valence-corrected chi connectivity index (χ4v) is 6.77. The number of benzene rings is 2. The second-order valence-corrected chi connectivity index (χ2v) is 10.9. The number of carbonyl (C=O) groups is 1. The molecule has 1 atom stereocenters.